The van der Waals surface area contributed by atoms with E-state index in [2.05, 4.69) is 107 Å². The molecule has 30 heavy (non-hydrogen) atoms. The van der Waals surface area contributed by atoms with Crippen molar-refractivity contribution >= 4 is 81.0 Å². The zero-order chi connectivity index (χ0) is 19.8. The topological polar surface area (TPSA) is 13.1 Å². The number of benzene rings is 6. The van der Waals surface area contributed by atoms with Crippen molar-refractivity contribution in [1.82, 2.24) is 0 Å². The molecule has 0 N–H and O–H groups in total. The van der Waals surface area contributed by atoms with Crippen LogP contribution in [0.25, 0.3) is 65.0 Å². The normalized spacial score (nSPS) is 12.2. The molecule has 0 atom stereocenters. The molecule has 0 bridgehead atoms. The Morgan fingerprint density at radius 2 is 0.933 bits per heavy atom. The fraction of sp³-hybridized carbons (Fsp3) is 0. The van der Waals surface area contributed by atoms with Gasteiger partial charge in [0.15, 0.2) is 0 Å². The molecule has 1 aromatic heterocycles. The molecule has 2 heteroatoms. The van der Waals surface area contributed by atoms with Gasteiger partial charge in [0.05, 0.1) is 0 Å². The summed E-state index contributed by atoms with van der Waals surface area (Å²) in [6, 6.07) is 32.4. The van der Waals surface area contributed by atoms with Crippen LogP contribution in [0.2, 0.25) is 0 Å². The Kier molecular flexibility index (Phi) is 3.20. The highest BCUT2D eigenvalue weighted by atomic mass is 79.9. The standard InChI is InChI=1S/C28H15BrO/c29-23-15-25-27(21-12-6-4-10-19(21)23)28-24(30-25)14-13-22-18-9-2-1-7-16(18)17-8-3-5-11-20(17)26(22)28/h1-15H. The second-order valence-electron chi connectivity index (χ2n) is 7.83. The Morgan fingerprint density at radius 3 is 1.60 bits per heavy atom. The fourth-order valence-electron chi connectivity index (χ4n) is 5.07. The van der Waals surface area contributed by atoms with E-state index in [4.69, 9.17) is 4.42 Å². The third kappa shape index (κ3) is 2.02. The van der Waals surface area contributed by atoms with E-state index in [0.29, 0.717) is 0 Å². The fourth-order valence-corrected chi connectivity index (χ4v) is 5.63. The van der Waals surface area contributed by atoms with Crippen molar-refractivity contribution in [1.29, 1.82) is 0 Å². The highest BCUT2D eigenvalue weighted by Crippen LogP contribution is 2.45. The highest BCUT2D eigenvalue weighted by molar-refractivity contribution is 9.10. The van der Waals surface area contributed by atoms with Gasteiger partial charge in [-0.1, -0.05) is 88.7 Å². The van der Waals surface area contributed by atoms with Gasteiger partial charge in [0.25, 0.3) is 0 Å². The van der Waals surface area contributed by atoms with E-state index >= 15 is 0 Å². The monoisotopic (exact) mass is 446 g/mol. The lowest BCUT2D eigenvalue weighted by molar-refractivity contribution is 0.669. The summed E-state index contributed by atoms with van der Waals surface area (Å²) in [5.41, 5.74) is 1.85. The van der Waals surface area contributed by atoms with Crippen LogP contribution in [0.3, 0.4) is 0 Å². The lowest BCUT2D eigenvalue weighted by atomic mass is 9.91. The van der Waals surface area contributed by atoms with E-state index in [-0.39, 0.29) is 0 Å². The van der Waals surface area contributed by atoms with Crippen LogP contribution in [0.5, 0.6) is 0 Å². The van der Waals surface area contributed by atoms with Crippen LogP contribution in [0.15, 0.2) is 99.9 Å². The first-order valence-corrected chi connectivity index (χ1v) is 10.9. The maximum absolute atomic E-state index is 6.38. The zero-order valence-corrected chi connectivity index (χ0v) is 17.5. The van der Waals surface area contributed by atoms with E-state index in [1.165, 1.54) is 53.9 Å². The number of fused-ring (bicyclic) bond motifs is 12. The summed E-state index contributed by atoms with van der Waals surface area (Å²) >= 11 is 3.74. The van der Waals surface area contributed by atoms with Crippen molar-refractivity contribution in [2.24, 2.45) is 0 Å². The molecule has 0 saturated heterocycles. The van der Waals surface area contributed by atoms with Crippen LogP contribution in [0, 0.1) is 0 Å². The van der Waals surface area contributed by atoms with Gasteiger partial charge in [-0.3, -0.25) is 0 Å². The molecule has 0 fully saturated rings. The molecular weight excluding hydrogens is 432 g/mol. The third-order valence-corrected chi connectivity index (χ3v) is 6.95. The quantitative estimate of drug-likeness (QED) is 0.212. The summed E-state index contributed by atoms with van der Waals surface area (Å²) in [6.45, 7) is 0. The second kappa shape index (κ2) is 5.84. The van der Waals surface area contributed by atoms with Gasteiger partial charge in [-0.05, 0) is 55.9 Å². The number of furan rings is 1. The molecular formula is C28H15BrO. The molecule has 0 spiro atoms. The van der Waals surface area contributed by atoms with Crippen molar-refractivity contribution in [2.75, 3.05) is 0 Å². The summed E-state index contributed by atoms with van der Waals surface area (Å²) in [7, 11) is 0. The van der Waals surface area contributed by atoms with Gasteiger partial charge in [-0.25, -0.2) is 0 Å². The van der Waals surface area contributed by atoms with Crippen molar-refractivity contribution in [3.8, 4) is 0 Å². The molecule has 140 valence electrons. The van der Waals surface area contributed by atoms with Gasteiger partial charge in [0, 0.05) is 20.6 Å². The van der Waals surface area contributed by atoms with E-state index in [9.17, 15) is 0 Å². The Hall–Kier alpha value is -3.36. The smallest absolute Gasteiger partial charge is 0.137 e. The number of hydrogen-bond acceptors (Lipinski definition) is 1. The lowest BCUT2D eigenvalue weighted by Crippen LogP contribution is -1.84. The molecule has 7 rings (SSSR count). The minimum atomic E-state index is 0.917. The molecule has 0 aliphatic rings. The minimum absolute atomic E-state index is 0.917. The summed E-state index contributed by atoms with van der Waals surface area (Å²) in [6.07, 6.45) is 0. The zero-order valence-electron chi connectivity index (χ0n) is 15.9. The number of rotatable bonds is 0. The number of halogens is 1. The van der Waals surface area contributed by atoms with Gasteiger partial charge in [0.1, 0.15) is 11.2 Å². The summed E-state index contributed by atoms with van der Waals surface area (Å²) in [4.78, 5) is 0. The molecule has 1 heterocycles. The summed E-state index contributed by atoms with van der Waals surface area (Å²) in [5.74, 6) is 0. The molecule has 0 saturated carbocycles. The van der Waals surface area contributed by atoms with E-state index in [1.54, 1.807) is 0 Å². The van der Waals surface area contributed by atoms with Crippen molar-refractivity contribution in [3.63, 3.8) is 0 Å². The Labute approximate surface area is 180 Å². The lowest BCUT2D eigenvalue weighted by Gasteiger charge is -2.11. The largest absolute Gasteiger partial charge is 0.456 e. The van der Waals surface area contributed by atoms with Gasteiger partial charge in [-0.15, -0.1) is 0 Å². The molecule has 7 aromatic rings. The maximum atomic E-state index is 6.38. The highest BCUT2D eigenvalue weighted by Gasteiger charge is 2.18. The minimum Gasteiger partial charge on any atom is -0.456 e. The predicted molar refractivity (Wildman–Crippen MR) is 131 cm³/mol. The first kappa shape index (κ1) is 16.4. The average molecular weight is 447 g/mol. The maximum Gasteiger partial charge on any atom is 0.137 e. The molecule has 0 unspecified atom stereocenters. The molecule has 0 aliphatic heterocycles. The van der Waals surface area contributed by atoms with Crippen LogP contribution < -0.4 is 0 Å². The Bertz CT molecular complexity index is 1770. The van der Waals surface area contributed by atoms with E-state index in [0.717, 1.165) is 15.6 Å². The summed E-state index contributed by atoms with van der Waals surface area (Å²) < 4.78 is 7.44. The number of hydrogen-bond donors (Lipinski definition) is 0. The van der Waals surface area contributed by atoms with Gasteiger partial charge in [0.2, 0.25) is 0 Å². The van der Waals surface area contributed by atoms with Crippen molar-refractivity contribution in [3.05, 3.63) is 95.5 Å². The predicted octanol–water partition coefficient (Wildman–Crippen LogP) is 8.96. The molecule has 0 aliphatic carbocycles. The summed E-state index contributed by atoms with van der Waals surface area (Å²) in [5, 5.41) is 12.5. The van der Waals surface area contributed by atoms with Gasteiger partial charge in [-0.2, -0.15) is 0 Å². The first-order chi connectivity index (χ1) is 14.8. The van der Waals surface area contributed by atoms with Crippen molar-refractivity contribution in [2.45, 2.75) is 0 Å². The molecule has 0 radical (unpaired) electrons. The third-order valence-electron chi connectivity index (χ3n) is 6.30. The van der Waals surface area contributed by atoms with Crippen LogP contribution >= 0.6 is 15.9 Å². The van der Waals surface area contributed by atoms with Crippen molar-refractivity contribution < 1.29 is 4.42 Å². The SMILES string of the molecule is Brc1cc2oc3ccc4c5ccccc5c5ccccc5c4c3c2c2ccccc12. The van der Waals surface area contributed by atoms with Crippen LogP contribution in [0.4, 0.5) is 0 Å². The van der Waals surface area contributed by atoms with Crippen LogP contribution in [-0.4, -0.2) is 0 Å². The molecule has 6 aromatic carbocycles. The van der Waals surface area contributed by atoms with E-state index in [1.807, 2.05) is 0 Å². The molecule has 1 nitrogen and oxygen atoms in total. The van der Waals surface area contributed by atoms with Crippen LogP contribution in [-0.2, 0) is 0 Å². The Morgan fingerprint density at radius 1 is 0.433 bits per heavy atom. The Balaban J connectivity index is 1.89. The van der Waals surface area contributed by atoms with Gasteiger partial charge < -0.3 is 4.42 Å². The van der Waals surface area contributed by atoms with Gasteiger partial charge >= 0.3 is 0 Å². The second-order valence-corrected chi connectivity index (χ2v) is 8.69. The average Bonchev–Trinajstić information content (AvgIpc) is 3.17. The first-order valence-electron chi connectivity index (χ1n) is 10.1. The van der Waals surface area contributed by atoms with Crippen LogP contribution in [0.1, 0.15) is 0 Å². The van der Waals surface area contributed by atoms with E-state index < -0.39 is 0 Å². The molecule has 0 amide bonds.